The van der Waals surface area contributed by atoms with Crippen LogP contribution in [0, 0.1) is 0 Å². The molecule has 4 aromatic rings. The van der Waals surface area contributed by atoms with E-state index in [1.165, 1.54) is 21.2 Å². The Balaban J connectivity index is 0.000000235. The summed E-state index contributed by atoms with van der Waals surface area (Å²) in [6, 6.07) is 43.0. The van der Waals surface area contributed by atoms with E-state index in [2.05, 4.69) is 121 Å². The maximum absolute atomic E-state index is 7.34. The minimum absolute atomic E-state index is 0.346. The first-order valence-corrected chi connectivity index (χ1v) is 20.2. The summed E-state index contributed by atoms with van der Waals surface area (Å²) in [5.74, 6) is 0. The molecule has 0 fully saturated rings. The molecule has 196 valence electrons. The van der Waals surface area contributed by atoms with Crippen LogP contribution in [0.3, 0.4) is 0 Å². The first-order valence-electron chi connectivity index (χ1n) is 12.3. The monoisotopic (exact) mass is 658 g/mol. The Kier molecular flexibility index (Phi) is 18.0. The second-order valence-corrected chi connectivity index (χ2v) is 16.0. The SMILES string of the molecule is [Cl][Ru+2][Cl].[NH-]CCC[PH+](c1ccccc1)c1ccccc1.[NH-]CCC[PH+](c1ccccc1)c1ccccc1. The van der Waals surface area contributed by atoms with Crippen molar-refractivity contribution in [1.29, 1.82) is 0 Å². The summed E-state index contributed by atoms with van der Waals surface area (Å²) in [5, 5.41) is 5.82. The summed E-state index contributed by atoms with van der Waals surface area (Å²) >= 11 is -0.346. The summed E-state index contributed by atoms with van der Waals surface area (Å²) < 4.78 is 0. The van der Waals surface area contributed by atoms with E-state index in [0.717, 1.165) is 25.2 Å². The van der Waals surface area contributed by atoms with Crippen molar-refractivity contribution in [3.05, 3.63) is 133 Å². The standard InChI is InChI=1S/2C15H17NP.2ClH.Ru/c2*16-12-7-13-17(14-8-3-1-4-9-14)15-10-5-2-6-11-15;;;/h2*1-6,8-11,16H,7,12-13H2;2*1H;/q2*-1;;;+4. The molecule has 0 saturated heterocycles. The quantitative estimate of drug-likeness (QED) is 0.123. The van der Waals surface area contributed by atoms with Gasteiger partial charge in [0.05, 0.1) is 49.4 Å². The van der Waals surface area contributed by atoms with E-state index in [1.807, 2.05) is 0 Å². The van der Waals surface area contributed by atoms with E-state index in [0.29, 0.717) is 13.1 Å². The second-order valence-electron chi connectivity index (χ2n) is 8.18. The molecule has 0 aliphatic rings. The average Bonchev–Trinajstić information content (AvgIpc) is 2.97. The van der Waals surface area contributed by atoms with Crippen LogP contribution in [-0.4, -0.2) is 25.4 Å². The molecule has 0 radical (unpaired) electrons. The number of hydrogen-bond acceptors (Lipinski definition) is 0. The predicted octanol–water partition coefficient (Wildman–Crippen LogP) is 7.96. The van der Waals surface area contributed by atoms with Crippen LogP contribution in [0.2, 0.25) is 0 Å². The second kappa shape index (κ2) is 20.8. The molecule has 0 amide bonds. The van der Waals surface area contributed by atoms with Crippen LogP contribution in [0.25, 0.3) is 11.5 Å². The van der Waals surface area contributed by atoms with E-state index in [4.69, 9.17) is 30.8 Å². The zero-order chi connectivity index (χ0) is 26.6. The van der Waals surface area contributed by atoms with Crippen LogP contribution < -0.4 is 21.2 Å². The molecule has 0 atom stereocenters. The predicted molar refractivity (Wildman–Crippen MR) is 170 cm³/mol. The fraction of sp³-hybridized carbons (Fsp3) is 0.200. The Labute approximate surface area is 241 Å². The van der Waals surface area contributed by atoms with Gasteiger partial charge in [0.2, 0.25) is 0 Å². The Hall–Kier alpha value is -1.14. The molecule has 0 bridgehead atoms. The van der Waals surface area contributed by atoms with Gasteiger partial charge in [0.15, 0.2) is 0 Å². The molecule has 0 aromatic heterocycles. The molecule has 37 heavy (non-hydrogen) atoms. The number of halogens is 2. The third-order valence-electron chi connectivity index (χ3n) is 5.70. The third-order valence-corrected chi connectivity index (χ3v) is 11.5. The largest absolute Gasteiger partial charge is 0.677 e. The molecular weight excluding hydrogens is 622 g/mol. The molecular formula is C30H36Cl2N2P2Ru+2. The number of rotatable bonds is 10. The first kappa shape index (κ1) is 32.1. The van der Waals surface area contributed by atoms with E-state index in [9.17, 15) is 0 Å². The van der Waals surface area contributed by atoms with Gasteiger partial charge in [-0.1, -0.05) is 72.8 Å². The van der Waals surface area contributed by atoms with Gasteiger partial charge in [0, 0.05) is 0 Å². The molecule has 7 heteroatoms. The molecule has 0 saturated carbocycles. The number of hydrogen-bond donors (Lipinski definition) is 0. The van der Waals surface area contributed by atoms with Gasteiger partial charge in [-0.2, -0.15) is 0 Å². The zero-order valence-electron chi connectivity index (χ0n) is 20.9. The van der Waals surface area contributed by atoms with Crippen LogP contribution >= 0.6 is 35.2 Å². The van der Waals surface area contributed by atoms with Crippen molar-refractivity contribution in [3.8, 4) is 0 Å². The maximum Gasteiger partial charge on any atom is 0.0966 e. The Bertz CT molecular complexity index is 896. The zero-order valence-corrected chi connectivity index (χ0v) is 26.1. The van der Waals surface area contributed by atoms with Crippen LogP contribution in [0.5, 0.6) is 0 Å². The Morgan fingerprint density at radius 1 is 0.459 bits per heavy atom. The van der Waals surface area contributed by atoms with Crippen molar-refractivity contribution < 1.29 is 15.1 Å². The van der Waals surface area contributed by atoms with Gasteiger partial charge in [-0.25, -0.2) is 0 Å². The van der Waals surface area contributed by atoms with Crippen molar-refractivity contribution in [2.24, 2.45) is 0 Å². The van der Waals surface area contributed by atoms with E-state index in [1.54, 1.807) is 0 Å². The van der Waals surface area contributed by atoms with Gasteiger partial charge < -0.3 is 11.5 Å². The first-order chi connectivity index (χ1) is 18.2. The van der Waals surface area contributed by atoms with Crippen LogP contribution in [0.1, 0.15) is 12.8 Å². The maximum atomic E-state index is 7.34. The van der Waals surface area contributed by atoms with Crippen LogP contribution in [0.15, 0.2) is 121 Å². The minimum Gasteiger partial charge on any atom is -0.677 e. The molecule has 4 rings (SSSR count). The summed E-state index contributed by atoms with van der Waals surface area (Å²) in [5.41, 5.74) is 14.7. The van der Waals surface area contributed by atoms with Gasteiger partial charge in [-0.05, 0) is 61.4 Å². The van der Waals surface area contributed by atoms with Crippen molar-refractivity contribution >= 4 is 56.4 Å². The molecule has 0 aliphatic heterocycles. The van der Waals surface area contributed by atoms with Crippen molar-refractivity contribution in [2.45, 2.75) is 12.8 Å². The van der Waals surface area contributed by atoms with E-state index >= 15 is 0 Å². The molecule has 4 aromatic carbocycles. The molecule has 0 spiro atoms. The Morgan fingerprint density at radius 3 is 0.865 bits per heavy atom. The normalized spacial score (nSPS) is 10.3. The van der Waals surface area contributed by atoms with Gasteiger partial charge in [0.1, 0.15) is 0 Å². The fourth-order valence-electron chi connectivity index (χ4n) is 4.00. The summed E-state index contributed by atoms with van der Waals surface area (Å²) in [4.78, 5) is 0. The Morgan fingerprint density at radius 2 is 0.676 bits per heavy atom. The molecule has 2 N–H and O–H groups in total. The van der Waals surface area contributed by atoms with Gasteiger partial charge in [-0.15, -0.1) is 13.1 Å². The van der Waals surface area contributed by atoms with Crippen molar-refractivity contribution in [2.75, 3.05) is 25.4 Å². The number of nitrogens with one attached hydrogen (secondary N) is 2. The molecule has 0 unspecified atom stereocenters. The van der Waals surface area contributed by atoms with Crippen LogP contribution in [0.4, 0.5) is 0 Å². The van der Waals surface area contributed by atoms with Gasteiger partial charge in [-0.3, -0.25) is 0 Å². The summed E-state index contributed by atoms with van der Waals surface area (Å²) in [6.45, 7) is 1.07. The molecule has 0 heterocycles. The summed E-state index contributed by atoms with van der Waals surface area (Å²) in [7, 11) is 8.34. The summed E-state index contributed by atoms with van der Waals surface area (Å²) in [6.07, 6.45) is 4.31. The molecule has 2 nitrogen and oxygen atoms in total. The van der Waals surface area contributed by atoms with Gasteiger partial charge >= 0.3 is 34.5 Å². The topological polar surface area (TPSA) is 47.6 Å². The third kappa shape index (κ3) is 12.5. The van der Waals surface area contributed by atoms with Crippen molar-refractivity contribution in [1.82, 2.24) is 0 Å². The van der Waals surface area contributed by atoms with Gasteiger partial charge in [0.25, 0.3) is 0 Å². The van der Waals surface area contributed by atoms with E-state index < -0.39 is 15.8 Å². The van der Waals surface area contributed by atoms with Crippen molar-refractivity contribution in [3.63, 3.8) is 0 Å². The minimum atomic E-state index is -0.682. The molecule has 0 aliphatic carbocycles. The fourth-order valence-corrected chi connectivity index (χ4v) is 9.26. The number of benzene rings is 4. The smallest absolute Gasteiger partial charge is 0.0966 e. The van der Waals surface area contributed by atoms with E-state index in [-0.39, 0.29) is 15.1 Å². The average molecular weight is 659 g/mol. The van der Waals surface area contributed by atoms with Crippen LogP contribution in [-0.2, 0) is 15.1 Å².